The van der Waals surface area contributed by atoms with Crippen LogP contribution < -0.4 is 21.7 Å². The number of ether oxygens (including phenoxy) is 3. The number of carbonyl (C=O) groups excluding carboxylic acids is 3. The number of hydrogen-bond acceptors (Lipinski definition) is 9. The number of anilines is 2. The van der Waals surface area contributed by atoms with Gasteiger partial charge in [-0.05, 0) is 56.5 Å². The van der Waals surface area contributed by atoms with E-state index < -0.39 is 65.7 Å². The molecule has 13 nitrogen and oxygen atoms in total. The minimum Gasteiger partial charge on any atom is -0.506 e. The molecule has 3 rings (SSSR count). The second-order valence-corrected chi connectivity index (χ2v) is 12.0. The van der Waals surface area contributed by atoms with E-state index in [1.54, 1.807) is 32.9 Å². The zero-order valence-corrected chi connectivity index (χ0v) is 28.8. The highest BCUT2D eigenvalue weighted by Gasteiger charge is 2.29. The molecule has 0 aliphatic carbocycles. The molecule has 1 aliphatic heterocycles. The monoisotopic (exact) mass is 696 g/mol. The molecule has 2 aromatic rings. The van der Waals surface area contributed by atoms with Crippen molar-refractivity contribution in [3.05, 3.63) is 88.3 Å². The molecule has 0 fully saturated rings. The topological polar surface area (TPSA) is 202 Å². The third-order valence-corrected chi connectivity index (χ3v) is 8.10. The van der Waals surface area contributed by atoms with Crippen molar-refractivity contribution < 1.29 is 48.3 Å². The third-order valence-electron chi connectivity index (χ3n) is 8.10. The summed E-state index contributed by atoms with van der Waals surface area (Å²) in [4.78, 5) is 37.9. The average molecular weight is 697 g/mol. The van der Waals surface area contributed by atoms with E-state index in [4.69, 9.17) is 19.9 Å². The van der Waals surface area contributed by atoms with Crippen LogP contribution in [0.25, 0.3) is 6.08 Å². The van der Waals surface area contributed by atoms with Gasteiger partial charge in [-0.1, -0.05) is 48.9 Å². The second kappa shape index (κ2) is 18.0. The van der Waals surface area contributed by atoms with Crippen molar-refractivity contribution in [3.63, 3.8) is 0 Å². The van der Waals surface area contributed by atoms with Gasteiger partial charge in [0.25, 0.3) is 5.91 Å². The largest absolute Gasteiger partial charge is 0.506 e. The number of methoxy groups -OCH3 is 2. The lowest BCUT2D eigenvalue weighted by Gasteiger charge is -2.28. The molecule has 2 aromatic carbocycles. The van der Waals surface area contributed by atoms with Crippen LogP contribution in [0.1, 0.15) is 45.2 Å². The highest BCUT2D eigenvalue weighted by atomic mass is 19.1. The molecule has 50 heavy (non-hydrogen) atoms. The van der Waals surface area contributed by atoms with Crippen molar-refractivity contribution in [1.82, 2.24) is 5.32 Å². The maximum Gasteiger partial charge on any atom is 0.405 e. The molecule has 0 saturated heterocycles. The first-order valence-corrected chi connectivity index (χ1v) is 15.7. The van der Waals surface area contributed by atoms with E-state index in [1.807, 2.05) is 0 Å². The van der Waals surface area contributed by atoms with Crippen LogP contribution >= 0.6 is 0 Å². The number of hydrogen-bond donors (Lipinski definition) is 7. The van der Waals surface area contributed by atoms with Crippen LogP contribution in [0.3, 0.4) is 0 Å². The fraction of sp³-hybridized carbons (Fsp3) is 0.361. The molecule has 8 N–H and O–H groups in total. The number of nitrogens with two attached hydrogens (primary N) is 1. The smallest absolute Gasteiger partial charge is 0.405 e. The molecule has 1 heterocycles. The lowest BCUT2D eigenvalue weighted by molar-refractivity contribution is -0.112. The SMILES string of the molecule is COC1C=CC=C(C)C(=O)Nc2cc(O)c(NC(=O)NCc3ccc(F)cc3)c(c2O)C=C(C)CC(OC)C(O)C(C)C=C(C)C1OC(N)=O. The Hall–Kier alpha value is -5.18. The molecule has 0 saturated carbocycles. The zero-order valence-electron chi connectivity index (χ0n) is 28.8. The molecule has 0 radical (unpaired) electrons. The van der Waals surface area contributed by atoms with Gasteiger partial charge in [-0.25, -0.2) is 14.0 Å². The number of rotatable bonds is 6. The Morgan fingerprint density at radius 3 is 2.40 bits per heavy atom. The Bertz CT molecular complexity index is 1670. The quantitative estimate of drug-likeness (QED) is 0.120. The van der Waals surface area contributed by atoms with Crippen molar-refractivity contribution in [3.8, 4) is 11.5 Å². The first-order valence-electron chi connectivity index (χ1n) is 15.7. The van der Waals surface area contributed by atoms with Crippen molar-refractivity contribution in [2.75, 3.05) is 24.9 Å². The second-order valence-electron chi connectivity index (χ2n) is 12.0. The van der Waals surface area contributed by atoms with Crippen LogP contribution in [0.15, 0.2) is 71.4 Å². The average Bonchev–Trinajstić information content (AvgIpc) is 3.07. The molecule has 1 aliphatic rings. The number of aliphatic hydroxyl groups is 1. The summed E-state index contributed by atoms with van der Waals surface area (Å²) in [6.07, 6.45) is 3.22. The molecule has 0 spiro atoms. The predicted molar refractivity (Wildman–Crippen MR) is 187 cm³/mol. The number of aromatic hydroxyl groups is 2. The van der Waals surface area contributed by atoms with Crippen LogP contribution in [0.2, 0.25) is 0 Å². The lowest BCUT2D eigenvalue weighted by atomic mass is 9.91. The summed E-state index contributed by atoms with van der Waals surface area (Å²) in [6.45, 7) is 6.71. The van der Waals surface area contributed by atoms with Gasteiger partial charge >= 0.3 is 12.1 Å². The van der Waals surface area contributed by atoms with Crippen molar-refractivity contribution in [2.45, 2.75) is 65.1 Å². The Morgan fingerprint density at radius 1 is 1.10 bits per heavy atom. The molecular formula is C36H45FN4O9. The minimum atomic E-state index is -1.07. The summed E-state index contributed by atoms with van der Waals surface area (Å²) in [5.74, 6) is -2.51. The number of fused-ring (bicyclic) bond motifs is 2. The fourth-order valence-corrected chi connectivity index (χ4v) is 5.35. The first-order chi connectivity index (χ1) is 23.6. The van der Waals surface area contributed by atoms with E-state index in [2.05, 4.69) is 16.0 Å². The molecular weight excluding hydrogens is 651 g/mol. The fourth-order valence-electron chi connectivity index (χ4n) is 5.35. The Balaban J connectivity index is 2.10. The van der Waals surface area contributed by atoms with Crippen LogP contribution in [0, 0.1) is 11.7 Å². The number of aliphatic hydroxyl groups excluding tert-OH is 1. The highest BCUT2D eigenvalue weighted by molar-refractivity contribution is 6.06. The van der Waals surface area contributed by atoms with Gasteiger partial charge in [0.1, 0.15) is 23.4 Å². The van der Waals surface area contributed by atoms with Crippen molar-refractivity contribution in [2.24, 2.45) is 11.7 Å². The summed E-state index contributed by atoms with van der Waals surface area (Å²) in [5, 5.41) is 41.5. The number of halogens is 1. The third kappa shape index (κ3) is 10.7. The molecule has 2 bridgehead atoms. The first kappa shape index (κ1) is 39.3. The standard InChI is InChI=1S/C36H45FN4O9/c1-19-14-25-30(41-36(47)39-18-23-10-12-24(37)13-11-23)27(42)17-26(32(25)44)40-34(45)20(2)8-7-9-28(48-5)33(50-35(38)46)22(4)16-21(3)31(43)29(15-19)49-6/h7-14,16-17,21,28-29,31,33,42-44H,15,18H2,1-6H3,(H2,38,46)(H,40,45)(H2,39,41,47). The summed E-state index contributed by atoms with van der Waals surface area (Å²) in [7, 11) is 2.84. The Morgan fingerprint density at radius 2 is 1.78 bits per heavy atom. The van der Waals surface area contributed by atoms with Crippen molar-refractivity contribution in [1.29, 1.82) is 0 Å². The number of nitrogens with one attached hydrogen (secondary N) is 3. The number of amides is 4. The van der Waals surface area contributed by atoms with Gasteiger partial charge < -0.3 is 51.2 Å². The minimum absolute atomic E-state index is 0.0308. The maximum absolute atomic E-state index is 13.3. The molecule has 14 heteroatoms. The van der Waals surface area contributed by atoms with Crippen LogP contribution in [-0.2, 0) is 25.5 Å². The number of carbonyl (C=O) groups is 3. The lowest BCUT2D eigenvalue weighted by Crippen LogP contribution is -2.36. The summed E-state index contributed by atoms with van der Waals surface area (Å²) in [6, 6.07) is 5.88. The molecule has 5 unspecified atom stereocenters. The van der Waals surface area contributed by atoms with Crippen LogP contribution in [0.5, 0.6) is 11.5 Å². The van der Waals surface area contributed by atoms with Gasteiger partial charge in [0.2, 0.25) is 0 Å². The molecule has 270 valence electrons. The highest BCUT2D eigenvalue weighted by Crippen LogP contribution is 2.42. The van der Waals surface area contributed by atoms with Gasteiger partial charge in [-0.15, -0.1) is 0 Å². The van der Waals surface area contributed by atoms with E-state index in [0.717, 1.165) is 6.07 Å². The van der Waals surface area contributed by atoms with Crippen molar-refractivity contribution >= 4 is 35.5 Å². The van der Waals surface area contributed by atoms with E-state index >= 15 is 0 Å². The van der Waals surface area contributed by atoms with Crippen LogP contribution in [0.4, 0.5) is 25.4 Å². The van der Waals surface area contributed by atoms with Gasteiger partial charge in [-0.3, -0.25) is 4.79 Å². The Labute approximate surface area is 290 Å². The van der Waals surface area contributed by atoms with E-state index in [9.17, 15) is 34.1 Å². The van der Waals surface area contributed by atoms with E-state index in [1.165, 1.54) is 63.6 Å². The van der Waals surface area contributed by atoms with Gasteiger partial charge in [0.05, 0.1) is 23.6 Å². The number of primary amides is 1. The summed E-state index contributed by atoms with van der Waals surface area (Å²) < 4.78 is 29.9. The number of benzene rings is 2. The van der Waals surface area contributed by atoms with Gasteiger partial charge in [0.15, 0.2) is 6.10 Å². The normalized spacial score (nSPS) is 22.0. The number of phenols is 2. The van der Waals surface area contributed by atoms with E-state index in [-0.39, 0.29) is 35.5 Å². The molecule has 0 aromatic heterocycles. The number of urea groups is 1. The predicted octanol–water partition coefficient (Wildman–Crippen LogP) is 5.24. The van der Waals surface area contributed by atoms with E-state index in [0.29, 0.717) is 16.7 Å². The van der Waals surface area contributed by atoms with Gasteiger partial charge in [0, 0.05) is 43.9 Å². The van der Waals surface area contributed by atoms with Gasteiger partial charge in [-0.2, -0.15) is 0 Å². The molecule has 5 atom stereocenters. The maximum atomic E-state index is 13.3. The number of phenolic OH excluding ortho intramolecular Hbond substituents is 2. The zero-order chi connectivity index (χ0) is 37.1. The summed E-state index contributed by atoms with van der Waals surface area (Å²) >= 11 is 0. The summed E-state index contributed by atoms with van der Waals surface area (Å²) in [5.41, 5.74) is 6.92. The Kier molecular flexibility index (Phi) is 14.1. The molecule has 4 amide bonds. The van der Waals surface area contributed by atoms with Crippen LogP contribution in [-0.4, -0.2) is 72.0 Å². The number of allylic oxidation sites excluding steroid dienone is 2.